The first kappa shape index (κ1) is 13.1. The Morgan fingerprint density at radius 3 is 2.00 bits per heavy atom. The minimum absolute atomic E-state index is 0.486. The first-order valence-corrected chi connectivity index (χ1v) is 7.64. The van der Waals surface area contributed by atoms with Crippen LogP contribution in [-0.2, 0) is 4.79 Å². The molecule has 1 nitrogen and oxygen atoms in total. The molecule has 0 bridgehead atoms. The summed E-state index contributed by atoms with van der Waals surface area (Å²) in [6, 6.07) is 0. The van der Waals surface area contributed by atoms with E-state index in [1.807, 2.05) is 11.8 Å². The molecule has 0 amide bonds. The second kappa shape index (κ2) is 9.26. The summed E-state index contributed by atoms with van der Waals surface area (Å²) < 4.78 is 0. The van der Waals surface area contributed by atoms with Gasteiger partial charge >= 0.3 is 0 Å². The van der Waals surface area contributed by atoms with Crippen molar-refractivity contribution in [3.63, 3.8) is 0 Å². The van der Waals surface area contributed by atoms with Gasteiger partial charge in [-0.1, -0.05) is 38.5 Å². The zero-order valence-electron chi connectivity index (χ0n) is 9.80. The predicted octanol–water partition coefficient (Wildman–Crippen LogP) is 4.20. The van der Waals surface area contributed by atoms with Crippen LogP contribution < -0.4 is 0 Å². The van der Waals surface area contributed by atoms with Crippen molar-refractivity contribution in [2.24, 2.45) is 0 Å². The second-order valence-corrected chi connectivity index (χ2v) is 5.70. The topological polar surface area (TPSA) is 17.1 Å². The number of Topliss-reactive ketones (excluding diaryl/α,β-unsaturated/α-hetero) is 1. The van der Waals surface area contributed by atoms with Gasteiger partial charge in [0.05, 0.1) is 0 Å². The van der Waals surface area contributed by atoms with Crippen LogP contribution in [0.25, 0.3) is 0 Å². The molecule has 2 heteroatoms. The van der Waals surface area contributed by atoms with Gasteiger partial charge in [0.2, 0.25) is 0 Å². The molecule has 15 heavy (non-hydrogen) atoms. The summed E-state index contributed by atoms with van der Waals surface area (Å²) in [5, 5.41) is 0. The highest BCUT2D eigenvalue weighted by molar-refractivity contribution is 7.99. The number of thioether (sulfide) groups is 1. The molecule has 1 saturated heterocycles. The number of ketones is 1. The molecule has 1 heterocycles. The van der Waals surface area contributed by atoms with Gasteiger partial charge < -0.3 is 0 Å². The first-order valence-electron chi connectivity index (χ1n) is 6.49. The van der Waals surface area contributed by atoms with Gasteiger partial charge in [-0.3, -0.25) is 4.79 Å². The third kappa shape index (κ3) is 7.89. The lowest BCUT2D eigenvalue weighted by molar-refractivity contribution is -0.118. The standard InChI is InChI=1S/C13H24OS/c14-13-9-7-5-3-1-2-4-6-8-11-15-12-10-13/h1-12H2. The molecule has 0 aromatic rings. The number of carbonyl (C=O) groups excluding carboxylic acids is 1. The largest absolute Gasteiger partial charge is 0.300 e. The predicted molar refractivity (Wildman–Crippen MR) is 68.5 cm³/mol. The van der Waals surface area contributed by atoms with Gasteiger partial charge in [0.15, 0.2) is 0 Å². The van der Waals surface area contributed by atoms with Gasteiger partial charge in [-0.05, 0) is 18.6 Å². The molecule has 0 N–H and O–H groups in total. The van der Waals surface area contributed by atoms with E-state index in [2.05, 4.69) is 0 Å². The van der Waals surface area contributed by atoms with Crippen LogP contribution in [0.1, 0.15) is 64.2 Å². The minimum atomic E-state index is 0.486. The molecule has 0 spiro atoms. The van der Waals surface area contributed by atoms with E-state index in [-0.39, 0.29) is 0 Å². The molecule has 88 valence electrons. The van der Waals surface area contributed by atoms with Crippen molar-refractivity contribution >= 4 is 17.5 Å². The van der Waals surface area contributed by atoms with Gasteiger partial charge in [0.25, 0.3) is 0 Å². The maximum atomic E-state index is 11.4. The molecular formula is C13H24OS. The highest BCUT2D eigenvalue weighted by Crippen LogP contribution is 2.14. The molecule has 0 saturated carbocycles. The highest BCUT2D eigenvalue weighted by atomic mass is 32.2. The minimum Gasteiger partial charge on any atom is -0.300 e. The Labute approximate surface area is 98.4 Å². The van der Waals surface area contributed by atoms with Crippen molar-refractivity contribution in [2.45, 2.75) is 64.2 Å². The van der Waals surface area contributed by atoms with Crippen LogP contribution in [0.5, 0.6) is 0 Å². The van der Waals surface area contributed by atoms with E-state index < -0.39 is 0 Å². The van der Waals surface area contributed by atoms with E-state index in [1.54, 1.807) is 0 Å². The molecular weight excluding hydrogens is 204 g/mol. The smallest absolute Gasteiger partial charge is 0.133 e. The fourth-order valence-electron chi connectivity index (χ4n) is 2.00. The fourth-order valence-corrected chi connectivity index (χ4v) is 2.98. The normalized spacial score (nSPS) is 23.3. The average molecular weight is 228 g/mol. The quantitative estimate of drug-likeness (QED) is 0.618. The van der Waals surface area contributed by atoms with Crippen molar-refractivity contribution < 1.29 is 4.79 Å². The number of hydrogen-bond donors (Lipinski definition) is 0. The zero-order valence-corrected chi connectivity index (χ0v) is 10.6. The third-order valence-corrected chi connectivity index (χ3v) is 4.09. The summed E-state index contributed by atoms with van der Waals surface area (Å²) in [7, 11) is 0. The maximum absolute atomic E-state index is 11.4. The zero-order chi connectivity index (χ0) is 10.8. The Kier molecular flexibility index (Phi) is 8.08. The monoisotopic (exact) mass is 228 g/mol. The SMILES string of the molecule is O=C1CCCCCCCCCCSCC1. The van der Waals surface area contributed by atoms with Crippen molar-refractivity contribution in [2.75, 3.05) is 11.5 Å². The van der Waals surface area contributed by atoms with E-state index in [0.717, 1.165) is 25.0 Å². The molecule has 0 unspecified atom stereocenters. The third-order valence-electron chi connectivity index (χ3n) is 3.02. The molecule has 0 aromatic carbocycles. The molecule has 1 fully saturated rings. The van der Waals surface area contributed by atoms with Crippen LogP contribution >= 0.6 is 11.8 Å². The number of hydrogen-bond acceptors (Lipinski definition) is 2. The van der Waals surface area contributed by atoms with E-state index in [9.17, 15) is 4.79 Å². The summed E-state index contributed by atoms with van der Waals surface area (Å²) in [5.74, 6) is 2.80. The number of rotatable bonds is 0. The van der Waals surface area contributed by atoms with Crippen molar-refractivity contribution in [3.8, 4) is 0 Å². The van der Waals surface area contributed by atoms with Crippen molar-refractivity contribution in [3.05, 3.63) is 0 Å². The maximum Gasteiger partial charge on any atom is 0.133 e. The van der Waals surface area contributed by atoms with Crippen LogP contribution in [0, 0.1) is 0 Å². The van der Waals surface area contributed by atoms with Gasteiger partial charge in [0, 0.05) is 18.6 Å². The lowest BCUT2D eigenvalue weighted by atomic mass is 10.1. The van der Waals surface area contributed by atoms with E-state index in [0.29, 0.717) is 5.78 Å². The van der Waals surface area contributed by atoms with Crippen LogP contribution in [0.2, 0.25) is 0 Å². The van der Waals surface area contributed by atoms with Gasteiger partial charge in [-0.15, -0.1) is 0 Å². The van der Waals surface area contributed by atoms with E-state index >= 15 is 0 Å². The summed E-state index contributed by atoms with van der Waals surface area (Å²) in [6.45, 7) is 0. The fraction of sp³-hybridized carbons (Fsp3) is 0.923. The average Bonchev–Trinajstić information content (AvgIpc) is 2.24. The summed E-state index contributed by atoms with van der Waals surface area (Å²) in [5.41, 5.74) is 0. The van der Waals surface area contributed by atoms with Crippen LogP contribution in [0.4, 0.5) is 0 Å². The lowest BCUT2D eigenvalue weighted by Gasteiger charge is -2.05. The molecule has 1 rings (SSSR count). The first-order chi connectivity index (χ1) is 7.39. The van der Waals surface area contributed by atoms with Crippen LogP contribution in [-0.4, -0.2) is 17.3 Å². The Bertz CT molecular complexity index is 152. The van der Waals surface area contributed by atoms with Crippen LogP contribution in [0.15, 0.2) is 0 Å². The molecule has 0 aromatic heterocycles. The Morgan fingerprint density at radius 1 is 0.667 bits per heavy atom. The molecule has 1 aliphatic heterocycles. The Hall–Kier alpha value is 0.0200. The summed E-state index contributed by atoms with van der Waals surface area (Å²) in [6.07, 6.45) is 12.3. The second-order valence-electron chi connectivity index (χ2n) is 4.48. The van der Waals surface area contributed by atoms with Crippen LogP contribution in [0.3, 0.4) is 0 Å². The van der Waals surface area contributed by atoms with Gasteiger partial charge in [-0.2, -0.15) is 11.8 Å². The highest BCUT2D eigenvalue weighted by Gasteiger charge is 2.02. The summed E-state index contributed by atoms with van der Waals surface area (Å²) in [4.78, 5) is 11.4. The van der Waals surface area contributed by atoms with Crippen molar-refractivity contribution in [1.29, 1.82) is 0 Å². The van der Waals surface area contributed by atoms with Gasteiger partial charge in [0.1, 0.15) is 5.78 Å². The van der Waals surface area contributed by atoms with Crippen molar-refractivity contribution in [1.82, 2.24) is 0 Å². The van der Waals surface area contributed by atoms with Gasteiger partial charge in [-0.25, -0.2) is 0 Å². The summed E-state index contributed by atoms with van der Waals surface area (Å²) >= 11 is 1.96. The molecule has 0 aliphatic carbocycles. The Morgan fingerprint density at radius 2 is 1.27 bits per heavy atom. The molecule has 0 radical (unpaired) electrons. The number of carbonyl (C=O) groups is 1. The Balaban J connectivity index is 2.13. The van der Waals surface area contributed by atoms with E-state index in [1.165, 1.54) is 50.7 Å². The molecule has 1 aliphatic rings. The molecule has 0 atom stereocenters. The van der Waals surface area contributed by atoms with E-state index in [4.69, 9.17) is 0 Å². The lowest BCUT2D eigenvalue weighted by Crippen LogP contribution is -2.00.